The van der Waals surface area contributed by atoms with E-state index in [1.165, 1.54) is 0 Å². The minimum Gasteiger partial charge on any atom is -0.394 e. The van der Waals surface area contributed by atoms with Crippen molar-refractivity contribution in [3.8, 4) is 0 Å². The molecule has 7 heteroatoms. The molecule has 1 saturated heterocycles. The molecule has 246 valence electrons. The maximum Gasteiger partial charge on any atom is 0.186 e. The Balaban J connectivity index is 1.28. The van der Waals surface area contributed by atoms with Crippen LogP contribution in [0.4, 0.5) is 0 Å². The number of fused-ring (bicyclic) bond motifs is 7. The number of rotatable bonds is 3. The van der Waals surface area contributed by atoms with E-state index in [2.05, 4.69) is 61.5 Å². The van der Waals surface area contributed by atoms with Gasteiger partial charge in [-0.15, -0.1) is 0 Å². The average molecular weight is 605 g/mol. The van der Waals surface area contributed by atoms with E-state index in [4.69, 9.17) is 9.47 Å². The lowest BCUT2D eigenvalue weighted by Gasteiger charge is -2.71. The maximum atomic E-state index is 11.4. The molecule has 2 unspecified atom stereocenters. The maximum absolute atomic E-state index is 11.4. The first-order valence-corrected chi connectivity index (χ1v) is 17.2. The van der Waals surface area contributed by atoms with Gasteiger partial charge >= 0.3 is 0 Å². The van der Waals surface area contributed by atoms with Crippen LogP contribution >= 0.6 is 0 Å². The second-order valence-corrected chi connectivity index (χ2v) is 18.1. The third-order valence-electron chi connectivity index (χ3n) is 15.2. The van der Waals surface area contributed by atoms with E-state index >= 15 is 0 Å². The third-order valence-corrected chi connectivity index (χ3v) is 15.2. The summed E-state index contributed by atoms with van der Waals surface area (Å²) in [6, 6.07) is 0. The monoisotopic (exact) mass is 604 g/mol. The molecule has 0 bridgehead atoms. The Morgan fingerprint density at radius 2 is 1.49 bits per heavy atom. The van der Waals surface area contributed by atoms with E-state index in [0.29, 0.717) is 17.8 Å². The molecule has 6 rings (SSSR count). The van der Waals surface area contributed by atoms with Crippen LogP contribution in [0.15, 0.2) is 11.6 Å². The Hall–Kier alpha value is -0.540. The third kappa shape index (κ3) is 4.45. The van der Waals surface area contributed by atoms with E-state index in [1.807, 2.05) is 0 Å². The quantitative estimate of drug-likeness (QED) is 0.228. The summed E-state index contributed by atoms with van der Waals surface area (Å²) >= 11 is 0. The fourth-order valence-electron chi connectivity index (χ4n) is 12.2. The normalized spacial score (nSPS) is 55.7. The van der Waals surface area contributed by atoms with Crippen LogP contribution < -0.4 is 0 Å². The van der Waals surface area contributed by atoms with E-state index in [1.54, 1.807) is 5.57 Å². The molecule has 5 aliphatic carbocycles. The van der Waals surface area contributed by atoms with Crippen molar-refractivity contribution in [3.05, 3.63) is 11.6 Å². The Kier molecular flexibility index (Phi) is 7.71. The molecule has 1 heterocycles. The predicted molar refractivity (Wildman–Crippen MR) is 165 cm³/mol. The van der Waals surface area contributed by atoms with Gasteiger partial charge in [-0.05, 0) is 103 Å². The second kappa shape index (κ2) is 10.2. The molecule has 5 N–H and O–H groups in total. The summed E-state index contributed by atoms with van der Waals surface area (Å²) in [6.07, 6.45) is 5.47. The largest absolute Gasteiger partial charge is 0.394 e. The number of hydrogen-bond donors (Lipinski definition) is 5. The first kappa shape index (κ1) is 32.4. The van der Waals surface area contributed by atoms with Crippen molar-refractivity contribution < 1.29 is 35.0 Å². The Morgan fingerprint density at radius 3 is 2.16 bits per heavy atom. The zero-order chi connectivity index (χ0) is 31.5. The smallest absolute Gasteiger partial charge is 0.186 e. The molecule has 0 aromatic rings. The van der Waals surface area contributed by atoms with Crippen LogP contribution in [0.25, 0.3) is 0 Å². The van der Waals surface area contributed by atoms with Crippen LogP contribution in [-0.4, -0.2) is 75.1 Å². The molecule has 5 fully saturated rings. The summed E-state index contributed by atoms with van der Waals surface area (Å²) in [6.45, 7) is 18.9. The summed E-state index contributed by atoms with van der Waals surface area (Å²) < 4.78 is 12.3. The lowest BCUT2D eigenvalue weighted by atomic mass is 9.33. The van der Waals surface area contributed by atoms with E-state index < -0.39 is 37.3 Å². The molecular weight excluding hydrogens is 544 g/mol. The summed E-state index contributed by atoms with van der Waals surface area (Å²) in [5.41, 5.74) is 1.99. The highest BCUT2D eigenvalue weighted by Crippen LogP contribution is 2.75. The van der Waals surface area contributed by atoms with Gasteiger partial charge in [-0.1, -0.05) is 67.0 Å². The Bertz CT molecular complexity index is 1120. The molecule has 0 radical (unpaired) electrons. The number of aliphatic hydroxyl groups excluding tert-OH is 5. The molecule has 14 atom stereocenters. The molecule has 1 aliphatic heterocycles. The first-order valence-electron chi connectivity index (χ1n) is 17.2. The molecule has 0 aromatic carbocycles. The van der Waals surface area contributed by atoms with Crippen molar-refractivity contribution in [2.75, 3.05) is 6.61 Å². The van der Waals surface area contributed by atoms with Gasteiger partial charge in [0.1, 0.15) is 24.4 Å². The van der Waals surface area contributed by atoms with Gasteiger partial charge in [-0.25, -0.2) is 0 Å². The van der Waals surface area contributed by atoms with Gasteiger partial charge < -0.3 is 35.0 Å². The fraction of sp³-hybridized carbons (Fsp3) is 0.944. The van der Waals surface area contributed by atoms with Crippen LogP contribution in [0.5, 0.6) is 0 Å². The van der Waals surface area contributed by atoms with Gasteiger partial charge in [0.25, 0.3) is 0 Å². The highest BCUT2D eigenvalue weighted by molar-refractivity contribution is 5.34. The SMILES string of the molecule is CC1(C)C[C@@H](O)[C@]2(C)CC[C@]3(C)C(=CCC4[C@@]5(C)CC[C@@H](O[C@@H]6O[C@H](CO)[C@H](O)[C@H](O)[C@H]6O)C(C)(C)C5CC[C@]43C)[C@H]2C1. The summed E-state index contributed by atoms with van der Waals surface area (Å²) in [7, 11) is 0. The Morgan fingerprint density at radius 1 is 0.791 bits per heavy atom. The molecule has 6 aliphatic rings. The average Bonchev–Trinajstić information content (AvgIpc) is 2.92. The zero-order valence-corrected chi connectivity index (χ0v) is 28.0. The lowest BCUT2D eigenvalue weighted by Crippen LogP contribution is -2.66. The number of hydrogen-bond acceptors (Lipinski definition) is 7. The number of aliphatic hydroxyl groups is 5. The van der Waals surface area contributed by atoms with Crippen LogP contribution in [-0.2, 0) is 9.47 Å². The van der Waals surface area contributed by atoms with Crippen LogP contribution in [0.3, 0.4) is 0 Å². The van der Waals surface area contributed by atoms with Gasteiger partial charge in [0.15, 0.2) is 6.29 Å². The van der Waals surface area contributed by atoms with Gasteiger partial charge in [0, 0.05) is 5.41 Å². The highest BCUT2D eigenvalue weighted by Gasteiger charge is 2.69. The van der Waals surface area contributed by atoms with Gasteiger partial charge in [-0.3, -0.25) is 0 Å². The topological polar surface area (TPSA) is 120 Å². The van der Waals surface area contributed by atoms with Crippen molar-refractivity contribution in [2.24, 2.45) is 50.2 Å². The minimum atomic E-state index is -1.43. The van der Waals surface area contributed by atoms with E-state index in [0.717, 1.165) is 57.8 Å². The first-order chi connectivity index (χ1) is 19.9. The van der Waals surface area contributed by atoms with Gasteiger partial charge in [0.05, 0.1) is 18.8 Å². The number of ether oxygens (including phenoxy) is 2. The fourth-order valence-corrected chi connectivity index (χ4v) is 12.2. The molecule has 4 saturated carbocycles. The summed E-state index contributed by atoms with van der Waals surface area (Å²) in [4.78, 5) is 0. The van der Waals surface area contributed by atoms with Gasteiger partial charge in [0.2, 0.25) is 0 Å². The second-order valence-electron chi connectivity index (χ2n) is 18.1. The molecule has 43 heavy (non-hydrogen) atoms. The standard InChI is InChI=1S/C36H60O7/c1-31(2)17-21-20-9-10-24-34(6)13-12-26(43-30-29(41)28(40)27(39)22(19-37)42-30)32(3,4)23(34)11-14-36(24,8)35(20,7)16-15-33(21,5)25(38)18-31/h9,21-30,37-41H,10-19H2,1-8H3/t21-,22-,23?,24?,25-,26-,27+,28+,29-,30+,33-,34+,35-,36-/m1/s1. The summed E-state index contributed by atoms with van der Waals surface area (Å²) in [5, 5.41) is 52.5. The molecule has 0 aromatic heterocycles. The molecule has 0 spiro atoms. The van der Waals surface area contributed by atoms with E-state index in [9.17, 15) is 25.5 Å². The number of allylic oxidation sites excluding steroid dienone is 2. The van der Waals surface area contributed by atoms with Gasteiger partial charge in [-0.2, -0.15) is 0 Å². The Labute approximate surface area is 259 Å². The highest BCUT2D eigenvalue weighted by atomic mass is 16.7. The lowest BCUT2D eigenvalue weighted by molar-refractivity contribution is -0.330. The minimum absolute atomic E-state index is 0.0348. The van der Waals surface area contributed by atoms with Crippen molar-refractivity contribution in [1.82, 2.24) is 0 Å². The van der Waals surface area contributed by atoms with Crippen molar-refractivity contribution in [2.45, 2.75) is 156 Å². The molecule has 7 nitrogen and oxygen atoms in total. The summed E-state index contributed by atoms with van der Waals surface area (Å²) in [5.74, 6) is 1.41. The van der Waals surface area contributed by atoms with Crippen LogP contribution in [0.2, 0.25) is 0 Å². The van der Waals surface area contributed by atoms with Crippen molar-refractivity contribution >= 4 is 0 Å². The van der Waals surface area contributed by atoms with Crippen molar-refractivity contribution in [3.63, 3.8) is 0 Å². The van der Waals surface area contributed by atoms with Crippen molar-refractivity contribution in [1.29, 1.82) is 0 Å². The zero-order valence-electron chi connectivity index (χ0n) is 28.0. The molecule has 0 amide bonds. The molecular formula is C36H60O7. The predicted octanol–water partition coefficient (Wildman–Crippen LogP) is 4.96. The van der Waals surface area contributed by atoms with Crippen LogP contribution in [0, 0.1) is 50.2 Å². The van der Waals surface area contributed by atoms with E-state index in [-0.39, 0.29) is 44.7 Å². The van der Waals surface area contributed by atoms with Crippen LogP contribution in [0.1, 0.15) is 113 Å².